The molecule has 0 aliphatic carbocycles. The number of hydrogen-bond donors (Lipinski definition) is 1. The Hall–Kier alpha value is -3.67. The normalized spacial score (nSPS) is 10.7. The van der Waals surface area contributed by atoms with Crippen molar-refractivity contribution >= 4 is 22.7 Å². The minimum atomic E-state index is -0.409. The Labute approximate surface area is 154 Å². The Morgan fingerprint density at radius 1 is 1.07 bits per heavy atom. The minimum absolute atomic E-state index is 0.191. The van der Waals surface area contributed by atoms with E-state index >= 15 is 0 Å². The van der Waals surface area contributed by atoms with Crippen molar-refractivity contribution in [2.45, 2.75) is 0 Å². The molecule has 0 radical (unpaired) electrons. The summed E-state index contributed by atoms with van der Waals surface area (Å²) in [5, 5.41) is 2.81. The Balaban J connectivity index is 1.64. The van der Waals surface area contributed by atoms with Gasteiger partial charge in [-0.1, -0.05) is 24.3 Å². The smallest absolute Gasteiger partial charge is 0.259 e. The topological polar surface area (TPSA) is 64.4 Å². The van der Waals surface area contributed by atoms with Crippen LogP contribution in [0.15, 0.2) is 71.1 Å². The van der Waals surface area contributed by atoms with Gasteiger partial charge in [-0.15, -0.1) is 0 Å². The second kappa shape index (κ2) is 6.92. The highest BCUT2D eigenvalue weighted by atomic mass is 19.1. The van der Waals surface area contributed by atoms with Crippen LogP contribution in [-0.4, -0.2) is 18.0 Å². The standard InChI is InChI=1S/C21H15FN2O3/c1-26-18-9-5-3-7-15(18)20(25)23-13-10-11-19-17(12-13)24-21(27-19)14-6-2-4-8-16(14)22/h2-12H,1H3,(H,23,25). The molecule has 1 amide bonds. The second-order valence-electron chi connectivity index (χ2n) is 5.84. The van der Waals surface area contributed by atoms with Crippen molar-refractivity contribution < 1.29 is 18.3 Å². The third kappa shape index (κ3) is 3.25. The molecule has 0 aliphatic rings. The van der Waals surface area contributed by atoms with Gasteiger partial charge >= 0.3 is 0 Å². The van der Waals surface area contributed by atoms with E-state index < -0.39 is 5.82 Å². The van der Waals surface area contributed by atoms with Crippen LogP contribution in [0.5, 0.6) is 5.75 Å². The molecule has 1 heterocycles. The molecule has 4 rings (SSSR count). The van der Waals surface area contributed by atoms with Gasteiger partial charge in [0, 0.05) is 5.69 Å². The molecule has 0 bridgehead atoms. The average molecular weight is 362 g/mol. The van der Waals surface area contributed by atoms with Gasteiger partial charge in [0.1, 0.15) is 17.1 Å². The molecular weight excluding hydrogens is 347 g/mol. The molecule has 0 aliphatic heterocycles. The van der Waals surface area contributed by atoms with Crippen LogP contribution in [0.3, 0.4) is 0 Å². The predicted molar refractivity (Wildman–Crippen MR) is 100 cm³/mol. The molecule has 0 saturated heterocycles. The zero-order valence-corrected chi connectivity index (χ0v) is 14.4. The van der Waals surface area contributed by atoms with Crippen molar-refractivity contribution in [3.8, 4) is 17.2 Å². The monoisotopic (exact) mass is 362 g/mol. The Morgan fingerprint density at radius 3 is 2.67 bits per heavy atom. The lowest BCUT2D eigenvalue weighted by Crippen LogP contribution is -2.13. The molecule has 1 N–H and O–H groups in total. The van der Waals surface area contributed by atoms with Gasteiger partial charge in [0.25, 0.3) is 5.91 Å². The maximum Gasteiger partial charge on any atom is 0.259 e. The average Bonchev–Trinajstić information content (AvgIpc) is 3.11. The van der Waals surface area contributed by atoms with Crippen LogP contribution in [0.2, 0.25) is 0 Å². The highest BCUT2D eigenvalue weighted by molar-refractivity contribution is 6.06. The maximum atomic E-state index is 13.9. The fraction of sp³-hybridized carbons (Fsp3) is 0.0476. The van der Waals surface area contributed by atoms with E-state index in [0.717, 1.165) is 0 Å². The maximum absolute atomic E-state index is 13.9. The lowest BCUT2D eigenvalue weighted by Gasteiger charge is -2.08. The number of nitrogens with zero attached hydrogens (tertiary/aromatic N) is 1. The lowest BCUT2D eigenvalue weighted by molar-refractivity contribution is 0.102. The van der Waals surface area contributed by atoms with Gasteiger partial charge in [-0.25, -0.2) is 9.37 Å². The Kier molecular flexibility index (Phi) is 4.30. The number of fused-ring (bicyclic) bond motifs is 1. The first-order chi connectivity index (χ1) is 13.2. The van der Waals surface area contributed by atoms with Crippen LogP contribution in [0.1, 0.15) is 10.4 Å². The molecule has 0 saturated carbocycles. The summed E-state index contributed by atoms with van der Waals surface area (Å²) < 4.78 is 24.8. The fourth-order valence-corrected chi connectivity index (χ4v) is 2.79. The first-order valence-corrected chi connectivity index (χ1v) is 8.25. The molecule has 0 fully saturated rings. The Morgan fingerprint density at radius 2 is 1.85 bits per heavy atom. The number of amides is 1. The van der Waals surface area contributed by atoms with Crippen LogP contribution >= 0.6 is 0 Å². The summed E-state index contributed by atoms with van der Waals surface area (Å²) in [5.41, 5.74) is 2.28. The number of carbonyl (C=O) groups excluding carboxylic acids is 1. The molecular formula is C21H15FN2O3. The van der Waals surface area contributed by atoms with Crippen LogP contribution < -0.4 is 10.1 Å². The summed E-state index contributed by atoms with van der Waals surface area (Å²) in [7, 11) is 1.51. The summed E-state index contributed by atoms with van der Waals surface area (Å²) in [5.74, 6) is -0.0333. The number of ether oxygens (including phenoxy) is 1. The molecule has 3 aromatic carbocycles. The molecule has 0 spiro atoms. The minimum Gasteiger partial charge on any atom is -0.496 e. The van der Waals surface area contributed by atoms with Crippen molar-refractivity contribution in [2.24, 2.45) is 0 Å². The van der Waals surface area contributed by atoms with E-state index in [0.29, 0.717) is 28.1 Å². The number of benzene rings is 3. The molecule has 0 atom stereocenters. The van der Waals surface area contributed by atoms with Crippen molar-refractivity contribution in [2.75, 3.05) is 12.4 Å². The number of carbonyl (C=O) groups is 1. The molecule has 4 aromatic rings. The number of halogens is 1. The van der Waals surface area contributed by atoms with Gasteiger partial charge in [0.05, 0.1) is 18.2 Å². The number of para-hydroxylation sites is 1. The fourth-order valence-electron chi connectivity index (χ4n) is 2.79. The van der Waals surface area contributed by atoms with Gasteiger partial charge in [-0.05, 0) is 42.5 Å². The van der Waals surface area contributed by atoms with E-state index in [1.165, 1.54) is 13.2 Å². The zero-order chi connectivity index (χ0) is 18.8. The highest BCUT2D eigenvalue weighted by Gasteiger charge is 2.15. The number of oxazole rings is 1. The third-order valence-electron chi connectivity index (χ3n) is 4.10. The molecule has 27 heavy (non-hydrogen) atoms. The largest absolute Gasteiger partial charge is 0.496 e. The van der Waals surface area contributed by atoms with Crippen LogP contribution in [-0.2, 0) is 0 Å². The Bertz CT molecular complexity index is 1140. The molecule has 1 aromatic heterocycles. The number of methoxy groups -OCH3 is 1. The van der Waals surface area contributed by atoms with Crippen molar-refractivity contribution in [1.29, 1.82) is 0 Å². The number of nitrogens with one attached hydrogen (secondary N) is 1. The quantitative estimate of drug-likeness (QED) is 0.561. The molecule has 6 heteroatoms. The molecule has 134 valence electrons. The zero-order valence-electron chi connectivity index (χ0n) is 14.4. The van der Waals surface area contributed by atoms with Gasteiger partial charge < -0.3 is 14.5 Å². The van der Waals surface area contributed by atoms with Gasteiger partial charge in [0.2, 0.25) is 5.89 Å². The van der Waals surface area contributed by atoms with E-state index in [9.17, 15) is 9.18 Å². The van der Waals surface area contributed by atoms with E-state index in [2.05, 4.69) is 10.3 Å². The number of hydrogen-bond acceptors (Lipinski definition) is 4. The summed E-state index contributed by atoms with van der Waals surface area (Å²) in [6.07, 6.45) is 0. The van der Waals surface area contributed by atoms with E-state index in [1.807, 2.05) is 0 Å². The first kappa shape index (κ1) is 16.8. The van der Waals surface area contributed by atoms with Crippen molar-refractivity contribution in [3.63, 3.8) is 0 Å². The van der Waals surface area contributed by atoms with Gasteiger partial charge in [-0.2, -0.15) is 0 Å². The van der Waals surface area contributed by atoms with E-state index in [4.69, 9.17) is 9.15 Å². The summed E-state index contributed by atoms with van der Waals surface area (Å²) in [6.45, 7) is 0. The molecule has 0 unspecified atom stereocenters. The van der Waals surface area contributed by atoms with Crippen molar-refractivity contribution in [3.05, 3.63) is 78.1 Å². The van der Waals surface area contributed by atoms with Crippen LogP contribution in [0.4, 0.5) is 10.1 Å². The number of rotatable bonds is 4. The SMILES string of the molecule is COc1ccccc1C(=O)Nc1ccc2oc(-c3ccccc3F)nc2c1. The second-order valence-corrected chi connectivity index (χ2v) is 5.84. The van der Waals surface area contributed by atoms with Crippen molar-refractivity contribution in [1.82, 2.24) is 4.98 Å². The summed E-state index contributed by atoms with van der Waals surface area (Å²) in [4.78, 5) is 16.9. The van der Waals surface area contributed by atoms with Crippen LogP contribution in [0, 0.1) is 5.82 Å². The van der Waals surface area contributed by atoms with E-state index in [-0.39, 0.29) is 17.4 Å². The predicted octanol–water partition coefficient (Wildman–Crippen LogP) is 4.89. The summed E-state index contributed by atoms with van der Waals surface area (Å²) in [6, 6.07) is 18.3. The number of anilines is 1. The first-order valence-electron chi connectivity index (χ1n) is 8.25. The third-order valence-corrected chi connectivity index (χ3v) is 4.10. The number of aromatic nitrogens is 1. The summed E-state index contributed by atoms with van der Waals surface area (Å²) >= 11 is 0. The highest BCUT2D eigenvalue weighted by Crippen LogP contribution is 2.28. The van der Waals surface area contributed by atoms with Crippen LogP contribution in [0.25, 0.3) is 22.6 Å². The molecule has 5 nitrogen and oxygen atoms in total. The van der Waals surface area contributed by atoms with Gasteiger partial charge in [0.15, 0.2) is 5.58 Å². The van der Waals surface area contributed by atoms with Gasteiger partial charge in [-0.3, -0.25) is 4.79 Å². The van der Waals surface area contributed by atoms with E-state index in [1.54, 1.807) is 60.7 Å². The lowest BCUT2D eigenvalue weighted by atomic mass is 10.2.